The smallest absolute Gasteiger partial charge is 0.204 e. The zero-order chi connectivity index (χ0) is 17.9. The Balaban J connectivity index is 2.37. The Hall–Kier alpha value is -2.66. The number of hydrogen-bond acceptors (Lipinski definition) is 5. The van der Waals surface area contributed by atoms with Crippen LogP contribution in [0.4, 0.5) is 0 Å². The first-order valence-electron chi connectivity index (χ1n) is 8.27. The van der Waals surface area contributed by atoms with Gasteiger partial charge in [-0.15, -0.1) is 0 Å². The summed E-state index contributed by atoms with van der Waals surface area (Å²) < 4.78 is 11.1. The molecule has 1 atom stereocenters. The van der Waals surface area contributed by atoms with Crippen LogP contribution in [0.15, 0.2) is 18.2 Å². The SMILES string of the molecule is COc1c(O)c2c3c(c(C)c4cc(O)ccc4c3c1OC)C(C)NC2. The quantitative estimate of drug-likeness (QED) is 0.618. The molecule has 1 aliphatic heterocycles. The molecule has 5 heteroatoms. The van der Waals surface area contributed by atoms with Gasteiger partial charge in [0.05, 0.1) is 14.2 Å². The van der Waals surface area contributed by atoms with Crippen LogP contribution in [0.5, 0.6) is 23.0 Å². The van der Waals surface area contributed by atoms with E-state index in [-0.39, 0.29) is 17.5 Å². The highest BCUT2D eigenvalue weighted by molar-refractivity contribution is 6.16. The second-order valence-corrected chi connectivity index (χ2v) is 6.51. The number of phenols is 2. The summed E-state index contributed by atoms with van der Waals surface area (Å²) in [6, 6.07) is 5.47. The fraction of sp³-hybridized carbons (Fsp3) is 0.300. The van der Waals surface area contributed by atoms with Crippen LogP contribution >= 0.6 is 0 Å². The Bertz CT molecular complexity index is 1030. The highest BCUT2D eigenvalue weighted by Crippen LogP contribution is 2.52. The molecule has 130 valence electrons. The lowest BCUT2D eigenvalue weighted by Crippen LogP contribution is -2.24. The second-order valence-electron chi connectivity index (χ2n) is 6.51. The minimum Gasteiger partial charge on any atom is -0.508 e. The van der Waals surface area contributed by atoms with Crippen LogP contribution in [0.3, 0.4) is 0 Å². The lowest BCUT2D eigenvalue weighted by Gasteiger charge is -2.30. The van der Waals surface area contributed by atoms with Crippen molar-refractivity contribution in [2.45, 2.75) is 26.4 Å². The zero-order valence-corrected chi connectivity index (χ0v) is 14.7. The molecule has 0 fully saturated rings. The van der Waals surface area contributed by atoms with Crippen LogP contribution < -0.4 is 14.8 Å². The number of aromatic hydroxyl groups is 2. The number of nitrogens with one attached hydrogen (secondary N) is 1. The average molecular weight is 339 g/mol. The number of benzene rings is 3. The third kappa shape index (κ3) is 1.99. The Kier molecular flexibility index (Phi) is 3.44. The van der Waals surface area contributed by atoms with E-state index < -0.39 is 0 Å². The highest BCUT2D eigenvalue weighted by Gasteiger charge is 2.30. The van der Waals surface area contributed by atoms with E-state index in [0.717, 1.165) is 38.2 Å². The summed E-state index contributed by atoms with van der Waals surface area (Å²) in [5.74, 6) is 1.20. The average Bonchev–Trinajstić information content (AvgIpc) is 2.60. The molecule has 3 N–H and O–H groups in total. The maximum absolute atomic E-state index is 10.8. The van der Waals surface area contributed by atoms with Gasteiger partial charge in [0, 0.05) is 23.5 Å². The molecule has 0 saturated heterocycles. The summed E-state index contributed by atoms with van der Waals surface area (Å²) in [4.78, 5) is 0. The molecular formula is C20H21NO4. The van der Waals surface area contributed by atoms with Crippen molar-refractivity contribution in [1.82, 2.24) is 5.32 Å². The van der Waals surface area contributed by atoms with Crippen LogP contribution in [-0.4, -0.2) is 24.4 Å². The van der Waals surface area contributed by atoms with E-state index in [1.807, 2.05) is 6.07 Å². The van der Waals surface area contributed by atoms with Gasteiger partial charge in [0.2, 0.25) is 5.75 Å². The van der Waals surface area contributed by atoms with Gasteiger partial charge in [-0.3, -0.25) is 0 Å². The maximum atomic E-state index is 10.8. The molecule has 5 nitrogen and oxygen atoms in total. The summed E-state index contributed by atoms with van der Waals surface area (Å²) in [5.41, 5.74) is 3.02. The summed E-state index contributed by atoms with van der Waals surface area (Å²) in [6.45, 7) is 4.71. The van der Waals surface area contributed by atoms with Gasteiger partial charge in [-0.1, -0.05) is 0 Å². The van der Waals surface area contributed by atoms with E-state index in [0.29, 0.717) is 18.0 Å². The van der Waals surface area contributed by atoms with E-state index in [1.165, 1.54) is 7.11 Å². The molecule has 0 aliphatic carbocycles. The normalized spacial score (nSPS) is 16.4. The van der Waals surface area contributed by atoms with Crippen molar-refractivity contribution in [1.29, 1.82) is 0 Å². The number of fused-ring (bicyclic) bond motifs is 2. The number of hydrogen-bond donors (Lipinski definition) is 3. The molecule has 0 amide bonds. The van der Waals surface area contributed by atoms with Gasteiger partial charge in [0.1, 0.15) is 5.75 Å². The zero-order valence-electron chi connectivity index (χ0n) is 14.7. The summed E-state index contributed by atoms with van der Waals surface area (Å²) >= 11 is 0. The van der Waals surface area contributed by atoms with Crippen LogP contribution in [0.1, 0.15) is 29.7 Å². The second kappa shape index (κ2) is 5.43. The minimum atomic E-state index is 0.116. The molecular weight excluding hydrogens is 318 g/mol. The van der Waals surface area contributed by atoms with Crippen LogP contribution in [0.25, 0.3) is 21.5 Å². The Labute approximate surface area is 145 Å². The molecule has 0 radical (unpaired) electrons. The van der Waals surface area contributed by atoms with Gasteiger partial charge >= 0.3 is 0 Å². The van der Waals surface area contributed by atoms with Crippen LogP contribution in [0, 0.1) is 6.92 Å². The fourth-order valence-electron chi connectivity index (χ4n) is 4.14. The number of phenolic OH excluding ortho intramolecular Hbond substituents is 2. The van der Waals surface area contributed by atoms with E-state index in [2.05, 4.69) is 19.2 Å². The highest BCUT2D eigenvalue weighted by atomic mass is 16.5. The first kappa shape index (κ1) is 15.8. The van der Waals surface area contributed by atoms with Crippen molar-refractivity contribution < 1.29 is 19.7 Å². The predicted molar refractivity (Wildman–Crippen MR) is 97.9 cm³/mol. The number of ether oxygens (including phenoxy) is 2. The van der Waals surface area contributed by atoms with Gasteiger partial charge in [-0.25, -0.2) is 0 Å². The van der Waals surface area contributed by atoms with Crippen molar-refractivity contribution in [2.24, 2.45) is 0 Å². The Morgan fingerprint density at radius 2 is 1.76 bits per heavy atom. The molecule has 3 aromatic carbocycles. The molecule has 1 heterocycles. The molecule has 0 saturated carbocycles. The fourth-order valence-corrected chi connectivity index (χ4v) is 4.14. The molecule has 1 unspecified atom stereocenters. The predicted octanol–water partition coefficient (Wildman–Crippen LogP) is 3.89. The van der Waals surface area contributed by atoms with Crippen LogP contribution in [-0.2, 0) is 6.54 Å². The monoisotopic (exact) mass is 339 g/mol. The minimum absolute atomic E-state index is 0.116. The van der Waals surface area contributed by atoms with E-state index in [9.17, 15) is 10.2 Å². The first-order chi connectivity index (χ1) is 12.0. The molecule has 0 bridgehead atoms. The van der Waals surface area contributed by atoms with E-state index >= 15 is 0 Å². The van der Waals surface area contributed by atoms with Gasteiger partial charge in [-0.2, -0.15) is 0 Å². The molecule has 3 aromatic rings. The maximum Gasteiger partial charge on any atom is 0.204 e. The number of rotatable bonds is 2. The van der Waals surface area contributed by atoms with Gasteiger partial charge in [0.25, 0.3) is 0 Å². The first-order valence-corrected chi connectivity index (χ1v) is 8.27. The Morgan fingerprint density at radius 3 is 2.44 bits per heavy atom. The lowest BCUT2D eigenvalue weighted by molar-refractivity contribution is 0.333. The number of methoxy groups -OCH3 is 2. The molecule has 0 aromatic heterocycles. The van der Waals surface area contributed by atoms with Crippen molar-refractivity contribution >= 4 is 21.5 Å². The van der Waals surface area contributed by atoms with E-state index in [1.54, 1.807) is 19.2 Å². The van der Waals surface area contributed by atoms with Crippen molar-refractivity contribution in [2.75, 3.05) is 14.2 Å². The molecule has 4 rings (SSSR count). The van der Waals surface area contributed by atoms with Gasteiger partial charge < -0.3 is 25.0 Å². The lowest BCUT2D eigenvalue weighted by atomic mass is 9.83. The van der Waals surface area contributed by atoms with Crippen molar-refractivity contribution in [3.8, 4) is 23.0 Å². The van der Waals surface area contributed by atoms with E-state index in [4.69, 9.17) is 9.47 Å². The molecule has 0 spiro atoms. The van der Waals surface area contributed by atoms with Crippen molar-refractivity contribution in [3.63, 3.8) is 0 Å². The van der Waals surface area contributed by atoms with Gasteiger partial charge in [0.15, 0.2) is 11.5 Å². The summed E-state index contributed by atoms with van der Waals surface area (Å²) in [7, 11) is 3.10. The largest absolute Gasteiger partial charge is 0.508 e. The third-order valence-electron chi connectivity index (χ3n) is 5.26. The van der Waals surface area contributed by atoms with Crippen molar-refractivity contribution in [3.05, 3.63) is 34.9 Å². The molecule has 1 aliphatic rings. The third-order valence-corrected chi connectivity index (χ3v) is 5.26. The number of aryl methyl sites for hydroxylation is 1. The van der Waals surface area contributed by atoms with Gasteiger partial charge in [-0.05, 0) is 59.3 Å². The molecule has 25 heavy (non-hydrogen) atoms. The van der Waals surface area contributed by atoms with Crippen LogP contribution in [0.2, 0.25) is 0 Å². The Morgan fingerprint density at radius 1 is 1.04 bits per heavy atom. The summed E-state index contributed by atoms with van der Waals surface area (Å²) in [5, 5.41) is 28.0. The summed E-state index contributed by atoms with van der Waals surface area (Å²) in [6.07, 6.45) is 0. The standard InChI is InChI=1S/C20H21NO4/c1-9-13-7-11(22)5-6-12(13)17-16-14(8-21-10(2)15(9)16)18(23)20(25-4)19(17)24-3/h5-7,10,21-23H,8H2,1-4H3. The topological polar surface area (TPSA) is 71.0 Å².